The van der Waals surface area contributed by atoms with E-state index in [1.165, 1.54) is 26.4 Å². The molecule has 3 rings (SSSR count). The van der Waals surface area contributed by atoms with Gasteiger partial charge in [-0.1, -0.05) is 12.1 Å². The van der Waals surface area contributed by atoms with E-state index in [0.29, 0.717) is 0 Å². The van der Waals surface area contributed by atoms with Gasteiger partial charge in [-0.05, 0) is 30.4 Å². The summed E-state index contributed by atoms with van der Waals surface area (Å²) in [6, 6.07) is 9.26. The van der Waals surface area contributed by atoms with Crippen LogP contribution < -0.4 is 10.9 Å². The number of non-ortho nitro benzene ring substituents is 1. The fourth-order valence-electron chi connectivity index (χ4n) is 3.25. The van der Waals surface area contributed by atoms with Crippen LogP contribution in [0.3, 0.4) is 0 Å². The Balaban J connectivity index is 2.06. The van der Waals surface area contributed by atoms with Gasteiger partial charge in [0, 0.05) is 31.4 Å². The molecule has 0 spiro atoms. The number of benzene rings is 2. The lowest BCUT2D eigenvalue weighted by molar-refractivity contribution is -0.393. The Morgan fingerprint density at radius 2 is 1.79 bits per heavy atom. The van der Waals surface area contributed by atoms with Crippen molar-refractivity contribution in [3.05, 3.63) is 86.0 Å². The number of ketones is 1. The van der Waals surface area contributed by atoms with E-state index in [2.05, 4.69) is 10.9 Å². The van der Waals surface area contributed by atoms with Crippen LogP contribution in [0.15, 0.2) is 60.2 Å². The molecule has 0 atom stereocenters. The lowest BCUT2D eigenvalue weighted by Crippen LogP contribution is -2.38. The van der Waals surface area contributed by atoms with Crippen molar-refractivity contribution in [3.8, 4) is 5.75 Å². The number of hydrazine groups is 1. The van der Waals surface area contributed by atoms with Crippen LogP contribution in [0.1, 0.15) is 12.0 Å². The molecule has 0 aromatic heterocycles. The van der Waals surface area contributed by atoms with Gasteiger partial charge < -0.3 is 14.6 Å². The molecule has 0 heterocycles. The minimum atomic E-state index is -1.24. The molecule has 172 valence electrons. The number of nitrogens with zero attached hydrogens (tertiary/aromatic N) is 2. The topological polar surface area (TPSA) is 166 Å². The number of aromatic hydroxyl groups is 1. The van der Waals surface area contributed by atoms with Gasteiger partial charge in [0.05, 0.1) is 28.0 Å². The summed E-state index contributed by atoms with van der Waals surface area (Å²) in [5, 5.41) is 32.8. The molecule has 0 bridgehead atoms. The number of nitro groups is 2. The highest BCUT2D eigenvalue weighted by atomic mass is 16.7. The molecule has 0 radical (unpaired) electrons. The number of allylic oxidation sites excluding steroid dienone is 2. The smallest absolute Gasteiger partial charge is 0.300 e. The number of anilines is 1. The Labute approximate surface area is 187 Å². The first kappa shape index (κ1) is 23.4. The second-order valence-corrected chi connectivity index (χ2v) is 6.92. The van der Waals surface area contributed by atoms with E-state index in [1.54, 1.807) is 24.3 Å². The molecule has 0 saturated heterocycles. The molecule has 0 saturated carbocycles. The highest BCUT2D eigenvalue weighted by molar-refractivity contribution is 6.07. The third-order valence-electron chi connectivity index (χ3n) is 5.06. The molecule has 2 aromatic rings. The van der Waals surface area contributed by atoms with E-state index in [4.69, 9.17) is 9.47 Å². The Hall–Kier alpha value is -4.29. The second kappa shape index (κ2) is 9.46. The van der Waals surface area contributed by atoms with E-state index >= 15 is 0 Å². The van der Waals surface area contributed by atoms with E-state index in [-0.39, 0.29) is 40.5 Å². The largest absolute Gasteiger partial charge is 0.507 e. The van der Waals surface area contributed by atoms with Gasteiger partial charge >= 0.3 is 5.69 Å². The zero-order chi connectivity index (χ0) is 24.2. The number of hydrogen-bond acceptors (Lipinski definition) is 10. The van der Waals surface area contributed by atoms with Gasteiger partial charge in [0.2, 0.25) is 0 Å². The first-order valence-electron chi connectivity index (χ1n) is 9.51. The molecule has 0 unspecified atom stereocenters. The van der Waals surface area contributed by atoms with E-state index < -0.39 is 27.0 Å². The van der Waals surface area contributed by atoms with Crippen LogP contribution in [0.2, 0.25) is 0 Å². The molecule has 0 amide bonds. The summed E-state index contributed by atoms with van der Waals surface area (Å²) >= 11 is 0. The van der Waals surface area contributed by atoms with Crippen LogP contribution in [0.4, 0.5) is 17.1 Å². The predicted octanol–water partition coefficient (Wildman–Crippen LogP) is 3.05. The number of para-hydroxylation sites is 1. The van der Waals surface area contributed by atoms with Crippen molar-refractivity contribution in [2.75, 3.05) is 19.6 Å². The van der Waals surface area contributed by atoms with Gasteiger partial charge in [-0.25, -0.2) is 0 Å². The van der Waals surface area contributed by atoms with Gasteiger partial charge in [0.1, 0.15) is 11.4 Å². The average molecular weight is 456 g/mol. The molecule has 12 heteroatoms. The van der Waals surface area contributed by atoms with Crippen molar-refractivity contribution >= 4 is 28.5 Å². The summed E-state index contributed by atoms with van der Waals surface area (Å²) in [6.07, 6.45) is 2.85. The summed E-state index contributed by atoms with van der Waals surface area (Å²) in [4.78, 5) is 33.8. The number of ether oxygens (including phenoxy) is 2. The maximum atomic E-state index is 13.0. The lowest BCUT2D eigenvalue weighted by Gasteiger charge is -2.30. The normalized spacial score (nSPS) is 16.2. The van der Waals surface area contributed by atoms with E-state index in [1.807, 2.05) is 0 Å². The van der Waals surface area contributed by atoms with Gasteiger partial charge in [-0.15, -0.1) is 0 Å². The molecular formula is C21H20N4O8. The van der Waals surface area contributed by atoms with Crippen LogP contribution in [-0.2, 0) is 14.3 Å². The van der Waals surface area contributed by atoms with Crippen molar-refractivity contribution in [2.24, 2.45) is 0 Å². The number of nitro benzene ring substituents is 2. The third-order valence-corrected chi connectivity index (χ3v) is 5.06. The quantitative estimate of drug-likeness (QED) is 0.232. The standard InChI is InChI=1S/C21H20N4O8/c1-32-21(33-2)10-9-15(19(27)12-21)20(14-5-3-4-6-18(14)26)23-22-16-8-7-13(24(28)29)11-17(16)25(30)31/h3-11,22-23,26H,12H2,1-2H3. The summed E-state index contributed by atoms with van der Waals surface area (Å²) in [5.74, 6) is -1.77. The molecule has 0 aliphatic heterocycles. The van der Waals surface area contributed by atoms with Gasteiger partial charge in [-0.2, -0.15) is 0 Å². The number of phenols is 1. The van der Waals surface area contributed by atoms with Gasteiger partial charge in [0.25, 0.3) is 5.69 Å². The predicted molar refractivity (Wildman–Crippen MR) is 117 cm³/mol. The van der Waals surface area contributed by atoms with Crippen LogP contribution in [-0.4, -0.2) is 40.7 Å². The maximum Gasteiger partial charge on any atom is 0.300 e. The Bertz CT molecular complexity index is 1170. The zero-order valence-electron chi connectivity index (χ0n) is 17.6. The Morgan fingerprint density at radius 3 is 2.36 bits per heavy atom. The number of carbonyl (C=O) groups is 1. The molecule has 0 fully saturated rings. The summed E-state index contributed by atoms with van der Waals surface area (Å²) < 4.78 is 10.6. The average Bonchev–Trinajstić information content (AvgIpc) is 2.80. The number of methoxy groups -OCH3 is 2. The van der Waals surface area contributed by atoms with Crippen LogP contribution in [0.5, 0.6) is 5.75 Å². The highest BCUT2D eigenvalue weighted by Crippen LogP contribution is 2.34. The summed E-state index contributed by atoms with van der Waals surface area (Å²) in [7, 11) is 2.79. The number of phenolic OH excluding ortho intramolecular Hbond substituents is 1. The van der Waals surface area contributed by atoms with E-state index in [9.17, 15) is 30.1 Å². The van der Waals surface area contributed by atoms with Crippen molar-refractivity contribution in [2.45, 2.75) is 12.2 Å². The number of nitrogens with one attached hydrogen (secondary N) is 2. The van der Waals surface area contributed by atoms with Crippen molar-refractivity contribution < 1.29 is 29.2 Å². The molecule has 2 aromatic carbocycles. The molecule has 33 heavy (non-hydrogen) atoms. The molecule has 1 aliphatic rings. The SMILES string of the molecule is COC1(OC)C=CC(=C(NNc2ccc([N+](=O)[O-])cc2[N+](=O)[O-])c2ccccc2O)C(=O)C1. The number of carbonyl (C=O) groups excluding carboxylic acids is 1. The molecule has 3 N–H and O–H groups in total. The Kier molecular flexibility index (Phi) is 6.70. The monoisotopic (exact) mass is 456 g/mol. The highest BCUT2D eigenvalue weighted by Gasteiger charge is 2.36. The van der Waals surface area contributed by atoms with Crippen LogP contribution >= 0.6 is 0 Å². The van der Waals surface area contributed by atoms with Gasteiger partial charge in [0.15, 0.2) is 11.6 Å². The van der Waals surface area contributed by atoms with Crippen molar-refractivity contribution in [1.82, 2.24) is 5.43 Å². The van der Waals surface area contributed by atoms with Crippen molar-refractivity contribution in [3.63, 3.8) is 0 Å². The third kappa shape index (κ3) is 4.81. The molecule has 1 aliphatic carbocycles. The first-order chi connectivity index (χ1) is 15.7. The van der Waals surface area contributed by atoms with Crippen molar-refractivity contribution in [1.29, 1.82) is 0 Å². The summed E-state index contributed by atoms with van der Waals surface area (Å²) in [6.45, 7) is 0. The Morgan fingerprint density at radius 1 is 1.09 bits per heavy atom. The lowest BCUT2D eigenvalue weighted by atomic mass is 9.92. The van der Waals surface area contributed by atoms with E-state index in [0.717, 1.165) is 18.2 Å². The fourth-order valence-corrected chi connectivity index (χ4v) is 3.25. The first-order valence-corrected chi connectivity index (χ1v) is 9.51. The fraction of sp³-hybridized carbons (Fsp3) is 0.190. The van der Waals surface area contributed by atoms with Crippen LogP contribution in [0, 0.1) is 20.2 Å². The zero-order valence-corrected chi connectivity index (χ0v) is 17.6. The molecular weight excluding hydrogens is 436 g/mol. The van der Waals surface area contributed by atoms with Crippen LogP contribution in [0.25, 0.3) is 5.70 Å². The number of rotatable bonds is 8. The number of Topliss-reactive ketones (excluding diaryl/α,β-unsaturated/α-hetero) is 1. The molecule has 12 nitrogen and oxygen atoms in total. The summed E-state index contributed by atoms with van der Waals surface area (Å²) in [5.41, 5.74) is 4.79. The minimum Gasteiger partial charge on any atom is -0.507 e. The second-order valence-electron chi connectivity index (χ2n) is 6.92. The van der Waals surface area contributed by atoms with Gasteiger partial charge in [-0.3, -0.25) is 35.9 Å². The maximum absolute atomic E-state index is 13.0. The number of hydrogen-bond donors (Lipinski definition) is 3. The minimum absolute atomic E-state index is 0.0884.